The van der Waals surface area contributed by atoms with Crippen molar-refractivity contribution in [3.63, 3.8) is 0 Å². The molecule has 1 N–H and O–H groups in total. The number of rotatable bonds is 3. The Kier molecular flexibility index (Phi) is 4.49. The minimum atomic E-state index is -1.14. The highest BCUT2D eigenvalue weighted by Gasteiger charge is 2.15. The number of hydrogen-bond acceptors (Lipinski definition) is 3. The van der Waals surface area contributed by atoms with E-state index in [1.54, 1.807) is 6.07 Å². The van der Waals surface area contributed by atoms with E-state index >= 15 is 0 Å². The van der Waals surface area contributed by atoms with Crippen LogP contribution in [0.1, 0.15) is 26.6 Å². The van der Waals surface area contributed by atoms with Crippen molar-refractivity contribution in [2.75, 3.05) is 0 Å². The molecule has 86 valence electrons. The zero-order valence-corrected chi connectivity index (χ0v) is 11.4. The molecule has 0 aliphatic rings. The lowest BCUT2D eigenvalue weighted by molar-refractivity contribution is -0.131. The molecule has 0 aliphatic heterocycles. The molecule has 0 bridgehead atoms. The zero-order valence-electron chi connectivity index (χ0n) is 8.24. The van der Waals surface area contributed by atoms with Crippen LogP contribution in [0.5, 0.6) is 5.75 Å². The van der Waals surface area contributed by atoms with Crippen LogP contribution < -0.4 is 4.74 Å². The number of carbonyl (C=O) groups is 2. The van der Waals surface area contributed by atoms with Crippen LogP contribution >= 0.6 is 31.9 Å². The number of aromatic carboxylic acids is 1. The molecule has 1 aromatic rings. The van der Waals surface area contributed by atoms with Gasteiger partial charge in [0.2, 0.25) is 0 Å². The van der Waals surface area contributed by atoms with Crippen LogP contribution in [0.25, 0.3) is 0 Å². The van der Waals surface area contributed by atoms with Gasteiger partial charge in [-0.05, 0) is 17.7 Å². The van der Waals surface area contributed by atoms with E-state index in [2.05, 4.69) is 31.9 Å². The summed E-state index contributed by atoms with van der Waals surface area (Å²) in [5, 5.41) is 8.96. The number of carboxylic acid groups (broad SMARTS) is 1. The Morgan fingerprint density at radius 1 is 1.38 bits per heavy atom. The highest BCUT2D eigenvalue weighted by Crippen LogP contribution is 2.32. The van der Waals surface area contributed by atoms with E-state index in [4.69, 9.17) is 9.84 Å². The third-order valence-corrected chi connectivity index (χ3v) is 2.80. The lowest BCUT2D eigenvalue weighted by Crippen LogP contribution is -2.07. The van der Waals surface area contributed by atoms with Gasteiger partial charge in [-0.15, -0.1) is 0 Å². The standard InChI is InChI=1S/C10H8Br2O4/c1-5(13)16-8-3-2-6(9(11)12)4-7(8)10(14)15/h2-4,9H,1H3,(H,14,15). The molecular weight excluding hydrogens is 344 g/mol. The Balaban J connectivity index is 3.19. The van der Waals surface area contributed by atoms with Crippen LogP contribution in [0.2, 0.25) is 0 Å². The first-order valence-electron chi connectivity index (χ1n) is 4.25. The minimum absolute atomic E-state index is 0.0448. The van der Waals surface area contributed by atoms with Crippen LogP contribution in [0, 0.1) is 0 Å². The monoisotopic (exact) mass is 350 g/mol. The number of benzene rings is 1. The Hall–Kier alpha value is -0.880. The average Bonchev–Trinajstić information content (AvgIpc) is 2.16. The van der Waals surface area contributed by atoms with E-state index in [0.29, 0.717) is 0 Å². The van der Waals surface area contributed by atoms with Crippen molar-refractivity contribution in [2.45, 2.75) is 10.7 Å². The molecule has 0 aliphatic carbocycles. The van der Waals surface area contributed by atoms with E-state index in [1.807, 2.05) is 0 Å². The van der Waals surface area contributed by atoms with Gasteiger partial charge in [0, 0.05) is 6.92 Å². The molecule has 1 aromatic carbocycles. The first-order valence-corrected chi connectivity index (χ1v) is 6.08. The predicted molar refractivity (Wildman–Crippen MR) is 65.3 cm³/mol. The van der Waals surface area contributed by atoms with Gasteiger partial charge in [-0.2, -0.15) is 0 Å². The van der Waals surface area contributed by atoms with E-state index < -0.39 is 11.9 Å². The normalized spacial score (nSPS) is 10.2. The van der Waals surface area contributed by atoms with Crippen molar-refractivity contribution >= 4 is 43.8 Å². The van der Waals surface area contributed by atoms with Gasteiger partial charge in [-0.3, -0.25) is 4.79 Å². The quantitative estimate of drug-likeness (QED) is 0.516. The number of carbonyl (C=O) groups excluding carboxylic acids is 1. The largest absolute Gasteiger partial charge is 0.478 e. The van der Waals surface area contributed by atoms with Gasteiger partial charge < -0.3 is 9.84 Å². The molecule has 4 nitrogen and oxygen atoms in total. The molecule has 16 heavy (non-hydrogen) atoms. The van der Waals surface area contributed by atoms with Crippen molar-refractivity contribution in [2.24, 2.45) is 0 Å². The van der Waals surface area contributed by atoms with Gasteiger partial charge in [0.05, 0.1) is 3.74 Å². The molecule has 0 saturated heterocycles. The van der Waals surface area contributed by atoms with Crippen LogP contribution in [0.4, 0.5) is 0 Å². The lowest BCUT2D eigenvalue weighted by Gasteiger charge is -2.08. The number of alkyl halides is 2. The fraction of sp³-hybridized carbons (Fsp3) is 0.200. The van der Waals surface area contributed by atoms with E-state index in [9.17, 15) is 9.59 Å². The molecule has 0 spiro atoms. The summed E-state index contributed by atoms with van der Waals surface area (Å²) in [5.41, 5.74) is 0.685. The molecule has 6 heteroatoms. The third-order valence-electron chi connectivity index (χ3n) is 1.74. The van der Waals surface area contributed by atoms with Gasteiger partial charge >= 0.3 is 11.9 Å². The molecule has 0 atom stereocenters. The second-order valence-corrected chi connectivity index (χ2v) is 6.02. The number of ether oxygens (including phenoxy) is 1. The maximum atomic E-state index is 11.0. The van der Waals surface area contributed by atoms with Gasteiger partial charge in [0.25, 0.3) is 0 Å². The van der Waals surface area contributed by atoms with Crippen molar-refractivity contribution < 1.29 is 19.4 Å². The summed E-state index contributed by atoms with van der Waals surface area (Å²) < 4.78 is 4.64. The van der Waals surface area contributed by atoms with Crippen LogP contribution in [0.15, 0.2) is 18.2 Å². The van der Waals surface area contributed by atoms with Crippen LogP contribution in [-0.4, -0.2) is 17.0 Å². The topological polar surface area (TPSA) is 63.6 Å². The first kappa shape index (κ1) is 13.2. The van der Waals surface area contributed by atoms with Gasteiger partial charge in [-0.25, -0.2) is 4.79 Å². The predicted octanol–water partition coefficient (Wildman–Crippen LogP) is 3.10. The molecule has 0 amide bonds. The minimum Gasteiger partial charge on any atom is -0.478 e. The zero-order chi connectivity index (χ0) is 12.3. The second kappa shape index (κ2) is 5.45. The molecule has 0 heterocycles. The van der Waals surface area contributed by atoms with Crippen LogP contribution in [-0.2, 0) is 4.79 Å². The van der Waals surface area contributed by atoms with E-state index in [1.165, 1.54) is 19.1 Å². The molecular formula is C10H8Br2O4. The highest BCUT2D eigenvalue weighted by atomic mass is 79.9. The van der Waals surface area contributed by atoms with Crippen molar-refractivity contribution in [1.82, 2.24) is 0 Å². The van der Waals surface area contributed by atoms with Crippen LogP contribution in [0.3, 0.4) is 0 Å². The molecule has 1 rings (SSSR count). The fourth-order valence-corrected chi connectivity index (χ4v) is 1.66. The Morgan fingerprint density at radius 2 is 2.00 bits per heavy atom. The van der Waals surface area contributed by atoms with Gasteiger partial charge in [0.1, 0.15) is 11.3 Å². The summed E-state index contributed by atoms with van der Waals surface area (Å²) in [7, 11) is 0. The SMILES string of the molecule is CC(=O)Oc1ccc(C(Br)Br)cc1C(=O)O. The summed E-state index contributed by atoms with van der Waals surface area (Å²) >= 11 is 6.51. The summed E-state index contributed by atoms with van der Waals surface area (Å²) in [5.74, 6) is -1.65. The average molecular weight is 352 g/mol. The number of hydrogen-bond donors (Lipinski definition) is 1. The maximum Gasteiger partial charge on any atom is 0.339 e. The van der Waals surface area contributed by atoms with Crippen molar-refractivity contribution in [3.8, 4) is 5.75 Å². The molecule has 0 fully saturated rings. The Labute approximate surface area is 109 Å². The summed E-state index contributed by atoms with van der Waals surface area (Å²) in [6, 6.07) is 4.56. The first-order chi connectivity index (χ1) is 7.41. The summed E-state index contributed by atoms with van der Waals surface area (Å²) in [6.07, 6.45) is 0. The smallest absolute Gasteiger partial charge is 0.339 e. The number of carboxylic acids is 1. The highest BCUT2D eigenvalue weighted by molar-refractivity contribution is 9.24. The molecule has 0 radical (unpaired) electrons. The third kappa shape index (κ3) is 3.31. The van der Waals surface area contributed by atoms with Gasteiger partial charge in [-0.1, -0.05) is 37.9 Å². The summed E-state index contributed by atoms with van der Waals surface area (Å²) in [6.45, 7) is 1.22. The summed E-state index contributed by atoms with van der Waals surface area (Å²) in [4.78, 5) is 21.7. The Bertz CT molecular complexity index is 429. The lowest BCUT2D eigenvalue weighted by atomic mass is 10.1. The van der Waals surface area contributed by atoms with E-state index in [0.717, 1.165) is 5.56 Å². The second-order valence-electron chi connectivity index (χ2n) is 2.96. The maximum absolute atomic E-state index is 11.0. The van der Waals surface area contributed by atoms with E-state index in [-0.39, 0.29) is 15.0 Å². The number of halogens is 2. The molecule has 0 aromatic heterocycles. The Morgan fingerprint density at radius 3 is 2.44 bits per heavy atom. The molecule has 0 unspecified atom stereocenters. The van der Waals surface area contributed by atoms with Gasteiger partial charge in [0.15, 0.2) is 0 Å². The van der Waals surface area contributed by atoms with Crippen molar-refractivity contribution in [1.29, 1.82) is 0 Å². The number of esters is 1. The fourth-order valence-electron chi connectivity index (χ4n) is 1.09. The van der Waals surface area contributed by atoms with Crippen molar-refractivity contribution in [3.05, 3.63) is 29.3 Å². The molecule has 0 saturated carbocycles.